The molecule has 0 saturated heterocycles. The molecule has 2 rings (SSSR count). The fourth-order valence-electron chi connectivity index (χ4n) is 2.67. The molecule has 0 aromatic heterocycles. The van der Waals surface area contributed by atoms with Crippen molar-refractivity contribution in [3.63, 3.8) is 0 Å². The maximum atomic E-state index is 10.8. The number of benzene rings is 1. The lowest BCUT2D eigenvalue weighted by atomic mass is 9.75. The molecule has 4 nitrogen and oxygen atoms in total. The Kier molecular flexibility index (Phi) is 4.66. The summed E-state index contributed by atoms with van der Waals surface area (Å²) < 4.78 is 0. The zero-order valence-electron chi connectivity index (χ0n) is 12.0. The topological polar surface area (TPSA) is 55.2 Å². The van der Waals surface area contributed by atoms with Gasteiger partial charge in [0.15, 0.2) is 0 Å². The van der Waals surface area contributed by atoms with E-state index in [9.17, 15) is 10.1 Å². The molecule has 0 radical (unpaired) electrons. The van der Waals surface area contributed by atoms with E-state index in [1.54, 1.807) is 12.1 Å². The zero-order chi connectivity index (χ0) is 14.8. The summed E-state index contributed by atoms with van der Waals surface area (Å²) in [5.74, 6) is 0. The molecule has 5 heteroatoms. The van der Waals surface area contributed by atoms with Crippen molar-refractivity contribution in [1.82, 2.24) is 5.32 Å². The van der Waals surface area contributed by atoms with Crippen molar-refractivity contribution in [1.29, 1.82) is 0 Å². The van der Waals surface area contributed by atoms with Gasteiger partial charge in [0.05, 0.1) is 4.92 Å². The largest absolute Gasteiger partial charge is 0.310 e. The van der Waals surface area contributed by atoms with E-state index in [2.05, 4.69) is 19.2 Å². The molecule has 0 heterocycles. The van der Waals surface area contributed by atoms with Crippen molar-refractivity contribution in [3.8, 4) is 0 Å². The van der Waals surface area contributed by atoms with Gasteiger partial charge in [-0.3, -0.25) is 10.1 Å². The van der Waals surface area contributed by atoms with Crippen LogP contribution in [0.15, 0.2) is 18.2 Å². The van der Waals surface area contributed by atoms with Gasteiger partial charge in [-0.1, -0.05) is 25.4 Å². The van der Waals surface area contributed by atoms with Crippen molar-refractivity contribution < 1.29 is 4.92 Å². The number of nitrogens with one attached hydrogen (secondary N) is 1. The predicted molar refractivity (Wildman–Crippen MR) is 81.0 cm³/mol. The Bertz CT molecular complexity index is 493. The average molecular weight is 297 g/mol. The molecule has 0 spiro atoms. The van der Waals surface area contributed by atoms with Crippen molar-refractivity contribution in [2.24, 2.45) is 5.41 Å². The van der Waals surface area contributed by atoms with Gasteiger partial charge in [0, 0.05) is 29.7 Å². The molecule has 1 aliphatic rings. The summed E-state index contributed by atoms with van der Waals surface area (Å²) in [7, 11) is 0. The molecule has 1 aliphatic carbocycles. The van der Waals surface area contributed by atoms with Crippen LogP contribution in [0.1, 0.15) is 45.1 Å². The van der Waals surface area contributed by atoms with E-state index < -0.39 is 0 Å². The molecule has 1 fully saturated rings. The van der Waals surface area contributed by atoms with Crippen LogP contribution in [0.5, 0.6) is 0 Å². The van der Waals surface area contributed by atoms with Crippen molar-refractivity contribution in [2.75, 3.05) is 0 Å². The van der Waals surface area contributed by atoms with Crippen molar-refractivity contribution in [3.05, 3.63) is 38.9 Å². The van der Waals surface area contributed by atoms with Gasteiger partial charge in [-0.05, 0) is 42.7 Å². The lowest BCUT2D eigenvalue weighted by molar-refractivity contribution is -0.384. The number of hydrogen-bond donors (Lipinski definition) is 1. The zero-order valence-corrected chi connectivity index (χ0v) is 12.7. The second-order valence-corrected chi connectivity index (χ2v) is 6.76. The minimum Gasteiger partial charge on any atom is -0.310 e. The van der Waals surface area contributed by atoms with Crippen molar-refractivity contribution in [2.45, 2.75) is 52.1 Å². The first kappa shape index (κ1) is 15.3. The highest BCUT2D eigenvalue weighted by molar-refractivity contribution is 6.31. The summed E-state index contributed by atoms with van der Waals surface area (Å²) in [5.41, 5.74) is 1.34. The highest BCUT2D eigenvalue weighted by Gasteiger charge is 2.26. The Morgan fingerprint density at radius 1 is 1.40 bits per heavy atom. The van der Waals surface area contributed by atoms with Gasteiger partial charge < -0.3 is 5.32 Å². The number of nitrogens with zero attached hydrogens (tertiary/aromatic N) is 1. The predicted octanol–water partition coefficient (Wildman–Crippen LogP) is 4.31. The highest BCUT2D eigenvalue weighted by Crippen LogP contribution is 2.35. The third-order valence-corrected chi connectivity index (χ3v) is 4.53. The second-order valence-electron chi connectivity index (χ2n) is 6.35. The summed E-state index contributed by atoms with van der Waals surface area (Å²) in [6.45, 7) is 5.20. The second kappa shape index (κ2) is 6.10. The minimum atomic E-state index is -0.386. The SMILES string of the molecule is CC1(C)CCC(NCc2cc([N+](=O)[O-])ccc2Cl)CC1. The smallest absolute Gasteiger partial charge is 0.269 e. The molecular weight excluding hydrogens is 276 g/mol. The van der Waals surface area contributed by atoms with Crippen LogP contribution in [0.2, 0.25) is 5.02 Å². The Morgan fingerprint density at radius 3 is 2.65 bits per heavy atom. The minimum absolute atomic E-state index is 0.0935. The molecule has 0 aliphatic heterocycles. The molecule has 0 amide bonds. The molecule has 1 aromatic carbocycles. The molecule has 0 bridgehead atoms. The number of nitro benzene ring substituents is 1. The lowest BCUT2D eigenvalue weighted by Gasteiger charge is -2.34. The maximum Gasteiger partial charge on any atom is 0.269 e. The molecule has 110 valence electrons. The Morgan fingerprint density at radius 2 is 2.05 bits per heavy atom. The van der Waals surface area contributed by atoms with Crippen LogP contribution in [0.4, 0.5) is 5.69 Å². The van der Waals surface area contributed by atoms with Crippen LogP contribution in [0.3, 0.4) is 0 Å². The van der Waals surface area contributed by atoms with Crippen LogP contribution in [-0.2, 0) is 6.54 Å². The molecule has 20 heavy (non-hydrogen) atoms. The first-order chi connectivity index (χ1) is 9.37. The lowest BCUT2D eigenvalue weighted by Crippen LogP contribution is -2.35. The van der Waals surface area contributed by atoms with E-state index in [-0.39, 0.29) is 10.6 Å². The number of hydrogen-bond acceptors (Lipinski definition) is 3. The number of non-ortho nitro benzene ring substituents is 1. The maximum absolute atomic E-state index is 10.8. The average Bonchev–Trinajstić information content (AvgIpc) is 2.39. The van der Waals surface area contributed by atoms with Crippen molar-refractivity contribution >= 4 is 17.3 Å². The summed E-state index contributed by atoms with van der Waals surface area (Å²) in [6, 6.07) is 5.08. The molecule has 1 saturated carbocycles. The summed E-state index contributed by atoms with van der Waals surface area (Å²) in [4.78, 5) is 10.4. The Labute approximate surface area is 124 Å². The highest BCUT2D eigenvalue weighted by atomic mass is 35.5. The summed E-state index contributed by atoms with van der Waals surface area (Å²) in [5, 5.41) is 14.8. The first-order valence-electron chi connectivity index (χ1n) is 7.04. The van der Waals surface area contributed by atoms with E-state index in [1.165, 1.54) is 18.9 Å². The number of rotatable bonds is 4. The van der Waals surface area contributed by atoms with Crippen LogP contribution in [0.25, 0.3) is 0 Å². The van der Waals surface area contributed by atoms with Crippen LogP contribution in [-0.4, -0.2) is 11.0 Å². The summed E-state index contributed by atoms with van der Waals surface area (Å²) in [6.07, 6.45) is 4.74. The fraction of sp³-hybridized carbons (Fsp3) is 0.600. The molecule has 0 unspecified atom stereocenters. The third kappa shape index (κ3) is 3.93. The fourth-order valence-corrected chi connectivity index (χ4v) is 2.85. The van der Waals surface area contributed by atoms with Crippen LogP contribution >= 0.6 is 11.6 Å². The van der Waals surface area contributed by atoms with E-state index in [4.69, 9.17) is 11.6 Å². The van der Waals surface area contributed by atoms with Gasteiger partial charge in [-0.15, -0.1) is 0 Å². The van der Waals surface area contributed by atoms with E-state index >= 15 is 0 Å². The van der Waals surface area contributed by atoms with Crippen LogP contribution in [0, 0.1) is 15.5 Å². The van der Waals surface area contributed by atoms with E-state index in [1.807, 2.05) is 0 Å². The molecule has 1 N–H and O–H groups in total. The quantitative estimate of drug-likeness (QED) is 0.665. The summed E-state index contributed by atoms with van der Waals surface area (Å²) >= 11 is 6.10. The van der Waals surface area contributed by atoms with E-state index in [0.717, 1.165) is 18.4 Å². The van der Waals surface area contributed by atoms with Gasteiger partial charge in [-0.25, -0.2) is 0 Å². The molecule has 0 atom stereocenters. The monoisotopic (exact) mass is 296 g/mol. The third-order valence-electron chi connectivity index (χ3n) is 4.16. The van der Waals surface area contributed by atoms with Gasteiger partial charge in [0.1, 0.15) is 0 Å². The Balaban J connectivity index is 1.94. The van der Waals surface area contributed by atoms with Gasteiger partial charge >= 0.3 is 0 Å². The first-order valence-corrected chi connectivity index (χ1v) is 7.41. The van der Waals surface area contributed by atoms with E-state index in [0.29, 0.717) is 23.0 Å². The molecular formula is C15H21ClN2O2. The van der Waals surface area contributed by atoms with Crippen LogP contribution < -0.4 is 5.32 Å². The standard InChI is InChI=1S/C15H21ClN2O2/c1-15(2)7-5-12(6-8-15)17-10-11-9-13(18(19)20)3-4-14(11)16/h3-4,9,12,17H,5-8,10H2,1-2H3. The van der Waals surface area contributed by atoms with Gasteiger partial charge in [0.2, 0.25) is 0 Å². The Hall–Kier alpha value is -1.13. The molecule has 1 aromatic rings. The number of nitro groups is 1. The van der Waals surface area contributed by atoms with Gasteiger partial charge in [0.25, 0.3) is 5.69 Å². The number of halogens is 1. The normalized spacial score (nSPS) is 18.9. The van der Waals surface area contributed by atoms with Gasteiger partial charge in [-0.2, -0.15) is 0 Å².